The van der Waals surface area contributed by atoms with Crippen LogP contribution >= 0.6 is 11.8 Å². The average molecular weight is 420 g/mol. The molecule has 2 aromatic carbocycles. The van der Waals surface area contributed by atoms with Gasteiger partial charge in [0.2, 0.25) is 5.91 Å². The molecule has 30 heavy (non-hydrogen) atoms. The molecule has 1 amide bonds. The highest BCUT2D eigenvalue weighted by Gasteiger charge is 2.31. The van der Waals surface area contributed by atoms with E-state index in [0.29, 0.717) is 27.5 Å². The number of hydrogen-bond donors (Lipinski definition) is 1. The first-order valence-electron chi connectivity index (χ1n) is 9.52. The second-order valence-corrected chi connectivity index (χ2v) is 8.27. The normalized spacial score (nSPS) is 12.7. The number of ketones is 2. The van der Waals surface area contributed by atoms with Gasteiger partial charge in [-0.25, -0.2) is 0 Å². The summed E-state index contributed by atoms with van der Waals surface area (Å²) in [6, 6.07) is 11.6. The highest BCUT2D eigenvalue weighted by molar-refractivity contribution is 7.99. The van der Waals surface area contributed by atoms with Crippen LogP contribution in [0.5, 0.6) is 0 Å². The van der Waals surface area contributed by atoms with Gasteiger partial charge in [0.25, 0.3) is 0 Å². The first kappa shape index (κ1) is 20.0. The van der Waals surface area contributed by atoms with E-state index in [1.54, 1.807) is 42.5 Å². The third-order valence-electron chi connectivity index (χ3n) is 4.94. The van der Waals surface area contributed by atoms with Gasteiger partial charge in [-0.3, -0.25) is 14.4 Å². The van der Waals surface area contributed by atoms with E-state index in [0.717, 1.165) is 5.82 Å². The fraction of sp³-hybridized carbons (Fsp3) is 0.227. The van der Waals surface area contributed by atoms with Gasteiger partial charge in [0.05, 0.1) is 17.0 Å². The minimum absolute atomic E-state index is 0.104. The summed E-state index contributed by atoms with van der Waals surface area (Å²) in [5.41, 5.74) is 1.62. The van der Waals surface area contributed by atoms with E-state index in [9.17, 15) is 14.4 Å². The first-order chi connectivity index (χ1) is 14.4. The molecule has 0 saturated heterocycles. The molecule has 7 nitrogen and oxygen atoms in total. The van der Waals surface area contributed by atoms with Crippen LogP contribution in [0.25, 0.3) is 0 Å². The van der Waals surface area contributed by atoms with Gasteiger partial charge in [0.1, 0.15) is 5.82 Å². The van der Waals surface area contributed by atoms with Crippen LogP contribution in [0, 0.1) is 0 Å². The Hall–Kier alpha value is -3.26. The number of aromatic nitrogens is 3. The molecule has 1 aliphatic rings. The third kappa shape index (κ3) is 3.43. The number of nitrogens with one attached hydrogen (secondary N) is 1. The molecule has 8 heteroatoms. The highest BCUT2D eigenvalue weighted by Crippen LogP contribution is 2.32. The van der Waals surface area contributed by atoms with E-state index in [1.807, 2.05) is 25.5 Å². The van der Waals surface area contributed by atoms with Crippen LogP contribution < -0.4 is 5.32 Å². The number of fused-ring (bicyclic) bond motifs is 2. The molecule has 0 atom stereocenters. The zero-order valence-electron chi connectivity index (χ0n) is 16.8. The summed E-state index contributed by atoms with van der Waals surface area (Å²) in [6.45, 7) is 4.06. The summed E-state index contributed by atoms with van der Waals surface area (Å²) in [6.07, 6.45) is 0. The number of thioether (sulfide) groups is 1. The van der Waals surface area contributed by atoms with E-state index in [-0.39, 0.29) is 34.7 Å². The molecule has 1 aliphatic carbocycles. The average Bonchev–Trinajstić information content (AvgIpc) is 3.11. The quantitative estimate of drug-likeness (QED) is 0.497. The van der Waals surface area contributed by atoms with E-state index >= 15 is 0 Å². The Kier molecular flexibility index (Phi) is 5.26. The lowest BCUT2D eigenvalue weighted by molar-refractivity contribution is -0.113. The molecule has 3 aromatic rings. The number of carbonyl (C=O) groups excluding carboxylic acids is 3. The summed E-state index contributed by atoms with van der Waals surface area (Å²) in [7, 11) is 1.87. The SMILES string of the molecule is CC(C)c1nnc(SCC(=O)Nc2cccc3c2C(=O)c2ccccc2C3=O)n1C. The van der Waals surface area contributed by atoms with Crippen LogP contribution in [-0.2, 0) is 11.8 Å². The van der Waals surface area contributed by atoms with Crippen molar-refractivity contribution >= 4 is 34.9 Å². The fourth-order valence-electron chi connectivity index (χ4n) is 3.52. The molecule has 152 valence electrons. The number of amides is 1. The molecule has 1 heterocycles. The molecular weight excluding hydrogens is 400 g/mol. The number of anilines is 1. The minimum atomic E-state index is -0.290. The summed E-state index contributed by atoms with van der Waals surface area (Å²) in [5, 5.41) is 11.7. The van der Waals surface area contributed by atoms with E-state index < -0.39 is 0 Å². The van der Waals surface area contributed by atoms with Crippen LogP contribution in [0.4, 0.5) is 5.69 Å². The molecular formula is C22H20N4O3S. The number of carbonyl (C=O) groups is 3. The molecule has 0 unspecified atom stereocenters. The van der Waals surface area contributed by atoms with Crippen LogP contribution in [0.3, 0.4) is 0 Å². The molecule has 1 aromatic heterocycles. The molecule has 0 bridgehead atoms. The standard InChI is InChI=1S/C22H20N4O3S/c1-12(2)21-24-25-22(26(21)3)30-11-17(27)23-16-10-6-9-15-18(16)20(29)14-8-5-4-7-13(14)19(15)28/h4-10,12H,11H2,1-3H3,(H,23,27). The first-order valence-corrected chi connectivity index (χ1v) is 10.5. The summed E-state index contributed by atoms with van der Waals surface area (Å²) < 4.78 is 1.87. The lowest BCUT2D eigenvalue weighted by atomic mass is 9.83. The van der Waals surface area contributed by atoms with Gasteiger partial charge in [0.15, 0.2) is 16.7 Å². The van der Waals surface area contributed by atoms with Gasteiger partial charge in [0, 0.05) is 29.7 Å². The lowest BCUT2D eigenvalue weighted by Gasteiger charge is -2.20. The predicted molar refractivity (Wildman–Crippen MR) is 114 cm³/mol. The van der Waals surface area contributed by atoms with Crippen molar-refractivity contribution < 1.29 is 14.4 Å². The van der Waals surface area contributed by atoms with Gasteiger partial charge < -0.3 is 9.88 Å². The van der Waals surface area contributed by atoms with Crippen LogP contribution in [0.15, 0.2) is 47.6 Å². The number of nitrogens with zero attached hydrogens (tertiary/aromatic N) is 3. The molecule has 4 rings (SSSR count). The van der Waals surface area contributed by atoms with E-state index in [4.69, 9.17) is 0 Å². The molecule has 0 spiro atoms. The molecule has 0 radical (unpaired) electrons. The third-order valence-corrected chi connectivity index (χ3v) is 5.96. The van der Waals surface area contributed by atoms with Crippen molar-refractivity contribution in [3.8, 4) is 0 Å². The lowest BCUT2D eigenvalue weighted by Crippen LogP contribution is -2.24. The van der Waals surface area contributed by atoms with Crippen molar-refractivity contribution in [3.63, 3.8) is 0 Å². The van der Waals surface area contributed by atoms with Crippen molar-refractivity contribution in [2.75, 3.05) is 11.1 Å². The maximum absolute atomic E-state index is 13.0. The predicted octanol–water partition coefficient (Wildman–Crippen LogP) is 3.44. The Balaban J connectivity index is 1.54. The zero-order valence-corrected chi connectivity index (χ0v) is 17.6. The van der Waals surface area contributed by atoms with Gasteiger partial charge >= 0.3 is 0 Å². The van der Waals surface area contributed by atoms with Crippen LogP contribution in [0.2, 0.25) is 0 Å². The van der Waals surface area contributed by atoms with Crippen LogP contribution in [-0.4, -0.2) is 38.0 Å². The van der Waals surface area contributed by atoms with Gasteiger partial charge in [-0.15, -0.1) is 10.2 Å². The van der Waals surface area contributed by atoms with Crippen molar-refractivity contribution in [2.45, 2.75) is 24.9 Å². The fourth-order valence-corrected chi connectivity index (χ4v) is 4.24. The molecule has 0 saturated carbocycles. The molecule has 0 aliphatic heterocycles. The molecule has 1 N–H and O–H groups in total. The van der Waals surface area contributed by atoms with Gasteiger partial charge in [-0.1, -0.05) is 62.0 Å². The maximum atomic E-state index is 13.0. The summed E-state index contributed by atoms with van der Waals surface area (Å²) in [4.78, 5) is 38.4. The summed E-state index contributed by atoms with van der Waals surface area (Å²) >= 11 is 1.27. The second-order valence-electron chi connectivity index (χ2n) is 7.32. The van der Waals surface area contributed by atoms with Crippen molar-refractivity contribution in [1.29, 1.82) is 0 Å². The molecule has 0 fully saturated rings. The Morgan fingerprint density at radius 1 is 1.00 bits per heavy atom. The van der Waals surface area contributed by atoms with E-state index in [1.165, 1.54) is 11.8 Å². The second kappa shape index (κ2) is 7.87. The van der Waals surface area contributed by atoms with Crippen molar-refractivity contribution in [1.82, 2.24) is 14.8 Å². The largest absolute Gasteiger partial charge is 0.325 e. The Labute approximate surface area is 177 Å². The van der Waals surface area contributed by atoms with Crippen LogP contribution in [0.1, 0.15) is 57.4 Å². The van der Waals surface area contributed by atoms with Gasteiger partial charge in [-0.05, 0) is 6.07 Å². The monoisotopic (exact) mass is 420 g/mol. The van der Waals surface area contributed by atoms with Gasteiger partial charge in [-0.2, -0.15) is 0 Å². The minimum Gasteiger partial charge on any atom is -0.325 e. The summed E-state index contributed by atoms with van der Waals surface area (Å²) in [5.74, 6) is 0.406. The zero-order chi connectivity index (χ0) is 21.4. The smallest absolute Gasteiger partial charge is 0.234 e. The number of hydrogen-bond acceptors (Lipinski definition) is 6. The topological polar surface area (TPSA) is 94.0 Å². The Morgan fingerprint density at radius 3 is 2.33 bits per heavy atom. The number of benzene rings is 2. The Bertz CT molecular complexity index is 1180. The van der Waals surface area contributed by atoms with Crippen molar-refractivity contribution in [3.05, 3.63) is 70.5 Å². The number of rotatable bonds is 5. The van der Waals surface area contributed by atoms with E-state index in [2.05, 4.69) is 15.5 Å². The van der Waals surface area contributed by atoms with Crippen molar-refractivity contribution in [2.24, 2.45) is 7.05 Å². The highest BCUT2D eigenvalue weighted by atomic mass is 32.2. The Morgan fingerprint density at radius 2 is 1.67 bits per heavy atom. The maximum Gasteiger partial charge on any atom is 0.234 e.